The first-order valence-electron chi connectivity index (χ1n) is 10.4. The summed E-state index contributed by atoms with van der Waals surface area (Å²) in [6, 6.07) is 18.3. The van der Waals surface area contributed by atoms with Crippen molar-refractivity contribution in [2.24, 2.45) is 0 Å². The van der Waals surface area contributed by atoms with E-state index in [9.17, 15) is 9.59 Å². The fourth-order valence-electron chi connectivity index (χ4n) is 3.42. The number of aryl methyl sites for hydroxylation is 1. The van der Waals surface area contributed by atoms with Crippen molar-refractivity contribution < 1.29 is 4.79 Å². The van der Waals surface area contributed by atoms with Crippen molar-refractivity contribution in [1.82, 2.24) is 19.3 Å². The molecular weight excluding hydrogens is 458 g/mol. The van der Waals surface area contributed by atoms with E-state index < -0.39 is 0 Å². The Kier molecular flexibility index (Phi) is 6.86. The summed E-state index contributed by atoms with van der Waals surface area (Å²) in [5.74, 6) is 0.483. The number of benzene rings is 2. The number of amides is 1. The molecular formula is C24H22ClN5O2S. The van der Waals surface area contributed by atoms with E-state index >= 15 is 0 Å². The Bertz CT molecular complexity index is 1410. The number of H-pyrrole nitrogens is 1. The maximum Gasteiger partial charge on any atom is 0.250 e. The van der Waals surface area contributed by atoms with Crippen LogP contribution in [0.4, 0.5) is 5.69 Å². The molecule has 2 N–H and O–H groups in total. The number of nitrogens with one attached hydrogen (secondary N) is 2. The molecule has 0 atom stereocenters. The first kappa shape index (κ1) is 22.7. The lowest BCUT2D eigenvalue weighted by atomic mass is 10.1. The van der Waals surface area contributed by atoms with Crippen molar-refractivity contribution in [2.45, 2.75) is 26.4 Å². The molecule has 7 nitrogen and oxygen atoms in total. The lowest BCUT2D eigenvalue weighted by molar-refractivity contribution is -0.116. The molecule has 0 saturated carbocycles. The molecule has 0 aliphatic carbocycles. The van der Waals surface area contributed by atoms with Gasteiger partial charge in [-0.2, -0.15) is 5.10 Å². The first-order chi connectivity index (χ1) is 15.9. The van der Waals surface area contributed by atoms with Crippen LogP contribution >= 0.6 is 23.8 Å². The summed E-state index contributed by atoms with van der Waals surface area (Å²) in [6.07, 6.45) is 1.81. The zero-order valence-corrected chi connectivity index (χ0v) is 19.5. The van der Waals surface area contributed by atoms with Crippen LogP contribution in [-0.4, -0.2) is 25.2 Å². The second-order valence-corrected chi connectivity index (χ2v) is 8.44. The molecule has 4 aromatic rings. The molecule has 4 rings (SSSR count). The van der Waals surface area contributed by atoms with Gasteiger partial charge in [-0.25, -0.2) is 0 Å². The third-order valence-electron chi connectivity index (χ3n) is 5.20. The van der Waals surface area contributed by atoms with Gasteiger partial charge in [0.1, 0.15) is 0 Å². The highest BCUT2D eigenvalue weighted by Crippen LogP contribution is 2.19. The Labute approximate surface area is 200 Å². The molecule has 2 heterocycles. The molecule has 2 aromatic carbocycles. The first-order valence-corrected chi connectivity index (χ1v) is 11.2. The normalized spacial score (nSPS) is 10.8. The van der Waals surface area contributed by atoms with Gasteiger partial charge in [0.2, 0.25) is 5.91 Å². The lowest BCUT2D eigenvalue weighted by Crippen LogP contribution is -2.21. The molecule has 0 radical (unpaired) electrons. The van der Waals surface area contributed by atoms with Gasteiger partial charge in [-0.3, -0.25) is 19.3 Å². The molecule has 0 aliphatic heterocycles. The number of pyridine rings is 1. The van der Waals surface area contributed by atoms with Crippen LogP contribution in [0.15, 0.2) is 71.7 Å². The molecule has 0 fully saturated rings. The quantitative estimate of drug-likeness (QED) is 0.372. The van der Waals surface area contributed by atoms with Gasteiger partial charge in [0.25, 0.3) is 5.56 Å². The Morgan fingerprint density at radius 1 is 1.12 bits per heavy atom. The Morgan fingerprint density at radius 2 is 1.88 bits per heavy atom. The largest absolute Gasteiger partial charge is 0.325 e. The van der Waals surface area contributed by atoms with Gasteiger partial charge in [0.05, 0.1) is 12.2 Å². The fraction of sp³-hybridized carbons (Fsp3) is 0.167. The number of nitrogens with zero attached hydrogens (tertiary/aromatic N) is 3. The van der Waals surface area contributed by atoms with Crippen LogP contribution < -0.4 is 10.9 Å². The van der Waals surface area contributed by atoms with E-state index in [1.165, 1.54) is 10.6 Å². The van der Waals surface area contributed by atoms with E-state index in [1.54, 1.807) is 22.9 Å². The molecule has 0 bridgehead atoms. The standard InChI is InChI=1S/C24H22ClN5O2S/c1-16-6-8-17(9-7-16)23-27-28-24(33)30(23)13-12-21(31)26-19-10-11-22(32)29(15-19)14-18-4-2-3-5-20(18)25/h2-11,15H,12-14H2,1H3,(H,26,31)(H,28,33). The highest BCUT2D eigenvalue weighted by molar-refractivity contribution is 7.71. The van der Waals surface area contributed by atoms with Crippen molar-refractivity contribution in [3.63, 3.8) is 0 Å². The van der Waals surface area contributed by atoms with E-state index in [4.69, 9.17) is 23.8 Å². The van der Waals surface area contributed by atoms with E-state index in [-0.39, 0.29) is 17.9 Å². The van der Waals surface area contributed by atoms with Gasteiger partial charge in [0, 0.05) is 35.8 Å². The molecule has 0 unspecified atom stereocenters. The minimum Gasteiger partial charge on any atom is -0.325 e. The summed E-state index contributed by atoms with van der Waals surface area (Å²) in [4.78, 5) is 24.9. The number of carbonyl (C=O) groups excluding carboxylic acids is 1. The highest BCUT2D eigenvalue weighted by atomic mass is 35.5. The monoisotopic (exact) mass is 479 g/mol. The van der Waals surface area contributed by atoms with Gasteiger partial charge in [-0.15, -0.1) is 0 Å². The van der Waals surface area contributed by atoms with Crippen molar-refractivity contribution in [3.05, 3.63) is 98.1 Å². The number of anilines is 1. The van der Waals surface area contributed by atoms with Crippen LogP contribution in [-0.2, 0) is 17.9 Å². The van der Waals surface area contributed by atoms with Crippen molar-refractivity contribution in [3.8, 4) is 11.4 Å². The van der Waals surface area contributed by atoms with E-state index in [0.717, 1.165) is 16.7 Å². The Morgan fingerprint density at radius 3 is 2.64 bits per heavy atom. The molecule has 33 heavy (non-hydrogen) atoms. The number of carbonyl (C=O) groups is 1. The van der Waals surface area contributed by atoms with Crippen LogP contribution in [0.25, 0.3) is 11.4 Å². The number of aromatic amines is 1. The van der Waals surface area contributed by atoms with Gasteiger partial charge in [-0.05, 0) is 36.8 Å². The maximum absolute atomic E-state index is 12.6. The van der Waals surface area contributed by atoms with E-state index in [2.05, 4.69) is 15.5 Å². The SMILES string of the molecule is Cc1ccc(-c2n[nH]c(=S)n2CCC(=O)Nc2ccc(=O)n(Cc3ccccc3Cl)c2)cc1. The fourth-order valence-corrected chi connectivity index (χ4v) is 3.84. The third-order valence-corrected chi connectivity index (χ3v) is 5.88. The summed E-state index contributed by atoms with van der Waals surface area (Å²) in [5, 5.41) is 10.5. The topological polar surface area (TPSA) is 84.7 Å². The zero-order chi connectivity index (χ0) is 23.4. The smallest absolute Gasteiger partial charge is 0.250 e. The molecule has 168 valence electrons. The number of halogens is 1. The molecule has 2 aromatic heterocycles. The molecule has 0 spiro atoms. The number of rotatable bonds is 7. The van der Waals surface area contributed by atoms with Gasteiger partial charge >= 0.3 is 0 Å². The minimum absolute atomic E-state index is 0.180. The van der Waals surface area contributed by atoms with E-state index in [0.29, 0.717) is 34.4 Å². The van der Waals surface area contributed by atoms with Crippen LogP contribution in [0.1, 0.15) is 17.5 Å². The summed E-state index contributed by atoms with van der Waals surface area (Å²) in [6.45, 7) is 2.69. The predicted molar refractivity (Wildman–Crippen MR) is 132 cm³/mol. The molecule has 0 saturated heterocycles. The molecule has 9 heteroatoms. The summed E-state index contributed by atoms with van der Waals surface area (Å²) in [7, 11) is 0. The second kappa shape index (κ2) is 9.97. The van der Waals surface area contributed by atoms with Crippen LogP contribution in [0, 0.1) is 11.7 Å². The number of hydrogen-bond acceptors (Lipinski definition) is 4. The Hall–Kier alpha value is -3.49. The summed E-state index contributed by atoms with van der Waals surface area (Å²) < 4.78 is 3.77. The van der Waals surface area contributed by atoms with Gasteiger partial charge in [-0.1, -0.05) is 59.6 Å². The highest BCUT2D eigenvalue weighted by Gasteiger charge is 2.12. The average Bonchev–Trinajstić information content (AvgIpc) is 3.17. The number of hydrogen-bond donors (Lipinski definition) is 2. The van der Waals surface area contributed by atoms with Crippen LogP contribution in [0.2, 0.25) is 5.02 Å². The minimum atomic E-state index is -0.198. The van der Waals surface area contributed by atoms with Crippen LogP contribution in [0.3, 0.4) is 0 Å². The molecule has 1 amide bonds. The van der Waals surface area contributed by atoms with Gasteiger partial charge < -0.3 is 9.88 Å². The zero-order valence-electron chi connectivity index (χ0n) is 17.9. The van der Waals surface area contributed by atoms with Crippen molar-refractivity contribution in [2.75, 3.05) is 5.32 Å². The van der Waals surface area contributed by atoms with Crippen molar-refractivity contribution in [1.29, 1.82) is 0 Å². The molecule has 0 aliphatic rings. The number of aromatic nitrogens is 4. The summed E-state index contributed by atoms with van der Waals surface area (Å²) in [5.41, 5.74) is 3.24. The second-order valence-electron chi connectivity index (χ2n) is 7.64. The lowest BCUT2D eigenvalue weighted by Gasteiger charge is -2.11. The third kappa shape index (κ3) is 5.47. The summed E-state index contributed by atoms with van der Waals surface area (Å²) >= 11 is 11.6. The average molecular weight is 480 g/mol. The van der Waals surface area contributed by atoms with E-state index in [1.807, 2.05) is 49.4 Å². The maximum atomic E-state index is 12.6. The van der Waals surface area contributed by atoms with Gasteiger partial charge in [0.15, 0.2) is 10.6 Å². The Balaban J connectivity index is 1.45. The van der Waals surface area contributed by atoms with Crippen molar-refractivity contribution >= 4 is 35.4 Å². The predicted octanol–water partition coefficient (Wildman–Crippen LogP) is 4.81. The van der Waals surface area contributed by atoms with Crippen LogP contribution in [0.5, 0.6) is 0 Å².